The zero-order valence-electron chi connectivity index (χ0n) is 15.9. The molecule has 3 aliphatic rings. The van der Waals surface area contributed by atoms with Crippen molar-refractivity contribution in [1.82, 2.24) is 19.7 Å². The zero-order valence-corrected chi connectivity index (χ0v) is 15.9. The minimum absolute atomic E-state index is 0.0432. The highest BCUT2D eigenvalue weighted by molar-refractivity contribution is 5.88. The molecule has 1 aliphatic heterocycles. The van der Waals surface area contributed by atoms with E-state index < -0.39 is 28.9 Å². The molecule has 2 N–H and O–H groups in total. The average Bonchev–Trinajstić information content (AvgIpc) is 3.47. The quantitative estimate of drug-likeness (QED) is 0.804. The van der Waals surface area contributed by atoms with Gasteiger partial charge in [0, 0.05) is 44.0 Å². The van der Waals surface area contributed by atoms with Crippen LogP contribution in [0.25, 0.3) is 6.08 Å². The van der Waals surface area contributed by atoms with Gasteiger partial charge in [-0.05, 0) is 33.0 Å². The van der Waals surface area contributed by atoms with E-state index in [0.29, 0.717) is 31.9 Å². The molecule has 0 bridgehead atoms. The molecule has 0 spiro atoms. The van der Waals surface area contributed by atoms with E-state index in [-0.39, 0.29) is 17.3 Å². The smallest absolute Gasteiger partial charge is 0.341 e. The summed E-state index contributed by atoms with van der Waals surface area (Å²) in [5, 5.41) is 12.0. The maximum absolute atomic E-state index is 15.5. The molecule has 2 fully saturated rings. The minimum atomic E-state index is -3.32. The van der Waals surface area contributed by atoms with Crippen molar-refractivity contribution in [1.29, 1.82) is 0 Å². The van der Waals surface area contributed by atoms with E-state index in [9.17, 15) is 14.7 Å². The molecule has 0 radical (unpaired) electrons. The second-order valence-corrected chi connectivity index (χ2v) is 7.78. The van der Waals surface area contributed by atoms with Gasteiger partial charge in [0.05, 0.1) is 11.4 Å². The standard InChI is InChI=1S/C19H24F2N4O3/c1-22-17-15-13(25(11-3-4-11)10-12(16(15)26)18(27)28)9-14(19(17,20)21)24-7-5-23(2)6-8-24/h9-11,17,22H,3-8H2,1-2H3,(H,27,28). The topological polar surface area (TPSA) is 77.8 Å². The first-order chi connectivity index (χ1) is 13.3. The zero-order chi connectivity index (χ0) is 20.2. The lowest BCUT2D eigenvalue weighted by Crippen LogP contribution is -2.52. The average molecular weight is 394 g/mol. The number of halogens is 2. The van der Waals surface area contributed by atoms with Crippen LogP contribution < -0.4 is 10.7 Å². The van der Waals surface area contributed by atoms with E-state index >= 15 is 8.78 Å². The van der Waals surface area contributed by atoms with Crippen LogP contribution in [0.15, 0.2) is 16.7 Å². The molecule has 1 unspecified atom stereocenters. The number of rotatable bonds is 4. The summed E-state index contributed by atoms with van der Waals surface area (Å²) in [6.07, 6.45) is 4.40. The Morgan fingerprint density at radius 3 is 2.43 bits per heavy atom. The first kappa shape index (κ1) is 19.1. The maximum Gasteiger partial charge on any atom is 0.341 e. The van der Waals surface area contributed by atoms with E-state index in [1.807, 2.05) is 7.05 Å². The number of carboxylic acids is 1. The van der Waals surface area contributed by atoms with Crippen molar-refractivity contribution in [2.24, 2.45) is 0 Å². The molecular weight excluding hydrogens is 370 g/mol. The Kier molecular flexibility index (Phi) is 4.54. The molecule has 1 atom stereocenters. The van der Waals surface area contributed by atoms with Gasteiger partial charge in [0.25, 0.3) is 0 Å². The fourth-order valence-corrected chi connectivity index (χ4v) is 4.14. The van der Waals surface area contributed by atoms with E-state index in [1.165, 1.54) is 19.3 Å². The molecule has 1 aromatic rings. The number of nitrogens with one attached hydrogen (secondary N) is 1. The van der Waals surface area contributed by atoms with Crippen LogP contribution in [0.2, 0.25) is 0 Å². The number of aromatic carboxylic acids is 1. The van der Waals surface area contributed by atoms with Gasteiger partial charge in [-0.1, -0.05) is 0 Å². The molecule has 1 saturated heterocycles. The Hall–Kier alpha value is -2.26. The van der Waals surface area contributed by atoms with Gasteiger partial charge in [-0.3, -0.25) is 4.79 Å². The highest BCUT2D eigenvalue weighted by Gasteiger charge is 2.51. The minimum Gasteiger partial charge on any atom is -0.477 e. The highest BCUT2D eigenvalue weighted by atomic mass is 19.3. The number of carboxylic acid groups (broad SMARTS) is 1. The SMILES string of the molecule is CNC1c2c(n(C3CC3)cc(C(=O)O)c2=O)C=C(N2CCN(C)CC2)C1(F)F. The molecule has 0 amide bonds. The number of aromatic nitrogens is 1. The normalized spacial score (nSPS) is 24.6. The lowest BCUT2D eigenvalue weighted by atomic mass is 9.88. The molecule has 7 nitrogen and oxygen atoms in total. The first-order valence-corrected chi connectivity index (χ1v) is 9.48. The Labute approximate surface area is 161 Å². The van der Waals surface area contributed by atoms with Crippen molar-refractivity contribution in [3.05, 3.63) is 38.9 Å². The van der Waals surface area contributed by atoms with Crippen LogP contribution in [0, 0.1) is 0 Å². The number of piperazine rings is 1. The summed E-state index contributed by atoms with van der Waals surface area (Å²) in [5.41, 5.74) is -1.16. The lowest BCUT2D eigenvalue weighted by molar-refractivity contribution is -0.0308. The second kappa shape index (κ2) is 6.66. The molecule has 152 valence electrons. The third-order valence-corrected chi connectivity index (χ3v) is 5.88. The maximum atomic E-state index is 15.5. The molecule has 4 rings (SSSR count). The Morgan fingerprint density at radius 2 is 1.89 bits per heavy atom. The molecule has 2 heterocycles. The largest absolute Gasteiger partial charge is 0.477 e. The number of likely N-dealkylation sites (N-methyl/N-ethyl adjacent to an activating group) is 1. The van der Waals surface area contributed by atoms with Gasteiger partial charge >= 0.3 is 11.9 Å². The van der Waals surface area contributed by atoms with Crippen LogP contribution in [0.5, 0.6) is 0 Å². The Balaban J connectivity index is 1.93. The first-order valence-electron chi connectivity index (χ1n) is 9.48. The molecule has 1 aromatic heterocycles. The van der Waals surface area contributed by atoms with Crippen molar-refractivity contribution in [3.8, 4) is 0 Å². The van der Waals surface area contributed by atoms with Gasteiger partial charge in [-0.15, -0.1) is 0 Å². The highest BCUT2D eigenvalue weighted by Crippen LogP contribution is 2.46. The van der Waals surface area contributed by atoms with Gasteiger partial charge in [0.2, 0.25) is 5.43 Å². The summed E-state index contributed by atoms with van der Waals surface area (Å²) >= 11 is 0. The fraction of sp³-hybridized carbons (Fsp3) is 0.579. The van der Waals surface area contributed by atoms with Crippen molar-refractivity contribution in [2.75, 3.05) is 40.3 Å². The van der Waals surface area contributed by atoms with Crippen LogP contribution in [0.4, 0.5) is 8.78 Å². The summed E-state index contributed by atoms with van der Waals surface area (Å²) in [6, 6.07) is -1.53. The van der Waals surface area contributed by atoms with E-state index in [0.717, 1.165) is 12.8 Å². The van der Waals surface area contributed by atoms with Gasteiger partial charge in [0.15, 0.2) is 0 Å². The Bertz CT molecular complexity index is 899. The molecule has 2 aliphatic carbocycles. The van der Waals surface area contributed by atoms with Crippen molar-refractivity contribution in [3.63, 3.8) is 0 Å². The predicted octanol–water partition coefficient (Wildman–Crippen LogP) is 1.38. The third kappa shape index (κ3) is 2.93. The molecule has 9 heteroatoms. The van der Waals surface area contributed by atoms with Gasteiger partial charge in [-0.25, -0.2) is 4.79 Å². The van der Waals surface area contributed by atoms with E-state index in [1.54, 1.807) is 9.47 Å². The second-order valence-electron chi connectivity index (χ2n) is 7.78. The van der Waals surface area contributed by atoms with Gasteiger partial charge in [-0.2, -0.15) is 8.78 Å². The number of hydrogen-bond donors (Lipinski definition) is 2. The summed E-state index contributed by atoms with van der Waals surface area (Å²) in [6.45, 7) is 2.31. The van der Waals surface area contributed by atoms with Crippen LogP contribution in [0.1, 0.15) is 46.5 Å². The predicted molar refractivity (Wildman–Crippen MR) is 99.7 cm³/mol. The van der Waals surface area contributed by atoms with Crippen LogP contribution in [0.3, 0.4) is 0 Å². The summed E-state index contributed by atoms with van der Waals surface area (Å²) in [4.78, 5) is 28.1. The van der Waals surface area contributed by atoms with Gasteiger partial charge in [0.1, 0.15) is 11.6 Å². The van der Waals surface area contributed by atoms with E-state index in [2.05, 4.69) is 10.2 Å². The number of pyridine rings is 1. The summed E-state index contributed by atoms with van der Waals surface area (Å²) in [7, 11) is 3.33. The number of fused-ring (bicyclic) bond motifs is 1. The van der Waals surface area contributed by atoms with Gasteiger partial charge < -0.3 is 24.8 Å². The lowest BCUT2D eigenvalue weighted by Gasteiger charge is -2.42. The number of alkyl halides is 2. The van der Waals surface area contributed by atoms with E-state index in [4.69, 9.17) is 0 Å². The van der Waals surface area contributed by atoms with Crippen LogP contribution in [-0.2, 0) is 0 Å². The third-order valence-electron chi connectivity index (χ3n) is 5.88. The van der Waals surface area contributed by atoms with Crippen molar-refractivity contribution < 1.29 is 18.7 Å². The summed E-state index contributed by atoms with van der Waals surface area (Å²) in [5.74, 6) is -4.72. The number of nitrogens with zero attached hydrogens (tertiary/aromatic N) is 3. The molecule has 28 heavy (non-hydrogen) atoms. The molecule has 0 aromatic carbocycles. The van der Waals surface area contributed by atoms with Crippen molar-refractivity contribution in [2.45, 2.75) is 30.8 Å². The van der Waals surface area contributed by atoms with Crippen molar-refractivity contribution >= 4 is 12.0 Å². The number of carbonyl (C=O) groups is 1. The molecular formula is C19H24F2N4O3. The van der Waals surface area contributed by atoms with Crippen LogP contribution in [-0.4, -0.2) is 71.6 Å². The number of hydrogen-bond acceptors (Lipinski definition) is 5. The molecule has 1 saturated carbocycles. The monoisotopic (exact) mass is 394 g/mol. The summed E-state index contributed by atoms with van der Waals surface area (Å²) < 4.78 is 32.7. The Morgan fingerprint density at radius 1 is 1.25 bits per heavy atom. The van der Waals surface area contributed by atoms with Crippen LogP contribution >= 0.6 is 0 Å². The fourth-order valence-electron chi connectivity index (χ4n) is 4.14.